The second-order valence-corrected chi connectivity index (χ2v) is 4.02. The van der Waals surface area contributed by atoms with Gasteiger partial charge in [0.1, 0.15) is 0 Å². The highest BCUT2D eigenvalue weighted by molar-refractivity contribution is 5.95. The predicted octanol–water partition coefficient (Wildman–Crippen LogP) is 2.69. The molecule has 0 radical (unpaired) electrons. The molecule has 0 aromatic heterocycles. The largest absolute Gasteiger partial charge is 0.358 e. The number of carbonyl (C=O) groups is 1. The predicted molar refractivity (Wildman–Crippen MR) is 75.3 cm³/mol. The normalized spacial score (nSPS) is 10.9. The Balaban J connectivity index is 2.21. The van der Waals surface area contributed by atoms with E-state index in [0.717, 1.165) is 0 Å². The van der Waals surface area contributed by atoms with E-state index in [9.17, 15) is 14.9 Å². The van der Waals surface area contributed by atoms with Crippen molar-refractivity contribution in [3.05, 3.63) is 87.7 Å². The summed E-state index contributed by atoms with van der Waals surface area (Å²) >= 11 is 0. The average Bonchev–Trinajstić information content (AvgIpc) is 2.48. The summed E-state index contributed by atoms with van der Waals surface area (Å²) in [5.41, 5.74) is 1.01. The minimum Gasteiger partial charge on any atom is -0.358 e. The molecule has 1 amide bonds. The third-order valence-corrected chi connectivity index (χ3v) is 2.58. The molecule has 0 aliphatic carbocycles. The Bertz CT molecular complexity index is 637. The lowest BCUT2D eigenvalue weighted by Gasteiger charge is -2.02. The second-order valence-electron chi connectivity index (χ2n) is 4.02. The lowest BCUT2D eigenvalue weighted by molar-refractivity contribution is -0.428. The Morgan fingerprint density at radius 1 is 1.00 bits per heavy atom. The van der Waals surface area contributed by atoms with Crippen LogP contribution in [0.1, 0.15) is 15.9 Å². The molecular weight excluding hydrogens is 256 g/mol. The SMILES string of the molecule is O=C(N/C(=C/c1ccccc1)[N+](=O)[O-])c1ccccc1. The van der Waals surface area contributed by atoms with Crippen LogP contribution in [0, 0.1) is 10.1 Å². The Morgan fingerprint density at radius 2 is 1.55 bits per heavy atom. The highest BCUT2D eigenvalue weighted by Crippen LogP contribution is 2.07. The highest BCUT2D eigenvalue weighted by atomic mass is 16.6. The number of nitro groups is 1. The van der Waals surface area contributed by atoms with Gasteiger partial charge in [0.05, 0.1) is 5.56 Å². The fourth-order valence-corrected chi connectivity index (χ4v) is 1.62. The number of amides is 1. The topological polar surface area (TPSA) is 72.2 Å². The van der Waals surface area contributed by atoms with Gasteiger partial charge in [0.25, 0.3) is 0 Å². The van der Waals surface area contributed by atoms with E-state index in [4.69, 9.17) is 0 Å². The molecule has 2 aromatic carbocycles. The zero-order chi connectivity index (χ0) is 14.4. The van der Waals surface area contributed by atoms with Gasteiger partial charge in [-0.15, -0.1) is 0 Å². The van der Waals surface area contributed by atoms with Gasteiger partial charge in [-0.2, -0.15) is 0 Å². The standard InChI is InChI=1S/C15H12N2O3/c18-15(13-9-5-2-6-10-13)16-14(17(19)20)11-12-7-3-1-4-8-12/h1-11H,(H,16,18)/b14-11-. The molecule has 0 fully saturated rings. The first-order chi connectivity index (χ1) is 9.66. The minimum absolute atomic E-state index is 0.356. The molecule has 1 N–H and O–H groups in total. The molecule has 0 heterocycles. The summed E-state index contributed by atoms with van der Waals surface area (Å²) in [6, 6.07) is 17.1. The smallest absolute Gasteiger partial charge is 0.339 e. The third-order valence-electron chi connectivity index (χ3n) is 2.58. The zero-order valence-electron chi connectivity index (χ0n) is 10.5. The van der Waals surface area contributed by atoms with E-state index in [2.05, 4.69) is 5.32 Å². The number of nitrogens with zero attached hydrogens (tertiary/aromatic N) is 1. The van der Waals surface area contributed by atoms with Crippen molar-refractivity contribution < 1.29 is 9.72 Å². The summed E-state index contributed by atoms with van der Waals surface area (Å²) in [4.78, 5) is 22.3. The van der Waals surface area contributed by atoms with Crippen molar-refractivity contribution in [2.45, 2.75) is 0 Å². The molecule has 0 bridgehead atoms. The van der Waals surface area contributed by atoms with E-state index in [1.165, 1.54) is 6.08 Å². The van der Waals surface area contributed by atoms with Crippen LogP contribution in [0.15, 0.2) is 66.5 Å². The van der Waals surface area contributed by atoms with Crippen molar-refractivity contribution in [1.82, 2.24) is 5.32 Å². The van der Waals surface area contributed by atoms with Crippen LogP contribution in [0.4, 0.5) is 0 Å². The van der Waals surface area contributed by atoms with Gasteiger partial charge in [-0.1, -0.05) is 48.5 Å². The molecule has 0 atom stereocenters. The fourth-order valence-electron chi connectivity index (χ4n) is 1.62. The molecule has 20 heavy (non-hydrogen) atoms. The van der Waals surface area contributed by atoms with Crippen LogP contribution in [0.5, 0.6) is 0 Å². The van der Waals surface area contributed by atoms with Gasteiger partial charge in [-0.25, -0.2) is 10.1 Å². The average molecular weight is 268 g/mol. The molecule has 5 nitrogen and oxygen atoms in total. The van der Waals surface area contributed by atoms with Crippen molar-refractivity contribution in [3.63, 3.8) is 0 Å². The maximum atomic E-state index is 11.9. The van der Waals surface area contributed by atoms with Crippen molar-refractivity contribution in [2.24, 2.45) is 0 Å². The maximum Gasteiger partial charge on any atom is 0.339 e. The van der Waals surface area contributed by atoms with Crippen LogP contribution in [0.3, 0.4) is 0 Å². The van der Waals surface area contributed by atoms with E-state index < -0.39 is 10.8 Å². The van der Waals surface area contributed by atoms with E-state index in [0.29, 0.717) is 11.1 Å². The van der Waals surface area contributed by atoms with E-state index in [1.54, 1.807) is 54.6 Å². The molecule has 5 heteroatoms. The van der Waals surface area contributed by atoms with E-state index >= 15 is 0 Å². The Kier molecular flexibility index (Phi) is 4.24. The number of benzene rings is 2. The molecule has 0 aliphatic rings. The van der Waals surface area contributed by atoms with Crippen LogP contribution in [0.2, 0.25) is 0 Å². The van der Waals surface area contributed by atoms with Crippen molar-refractivity contribution in [2.75, 3.05) is 0 Å². The van der Waals surface area contributed by atoms with Crippen LogP contribution >= 0.6 is 0 Å². The van der Waals surface area contributed by atoms with Crippen LogP contribution in [0.25, 0.3) is 6.08 Å². The van der Waals surface area contributed by atoms with Crippen molar-refractivity contribution in [3.8, 4) is 0 Å². The van der Waals surface area contributed by atoms with Gasteiger partial charge < -0.3 is 10.1 Å². The number of carbonyl (C=O) groups excluding carboxylic acids is 1. The summed E-state index contributed by atoms with van der Waals surface area (Å²) in [7, 11) is 0. The van der Waals surface area contributed by atoms with Crippen molar-refractivity contribution in [1.29, 1.82) is 0 Å². The number of hydrogen-bond donors (Lipinski definition) is 1. The summed E-state index contributed by atoms with van der Waals surface area (Å²) in [5, 5.41) is 13.3. The summed E-state index contributed by atoms with van der Waals surface area (Å²) in [6.45, 7) is 0. The zero-order valence-corrected chi connectivity index (χ0v) is 10.5. The third kappa shape index (κ3) is 3.52. The van der Waals surface area contributed by atoms with Gasteiger partial charge in [-0.05, 0) is 22.6 Å². The van der Waals surface area contributed by atoms with Gasteiger partial charge >= 0.3 is 11.7 Å². The minimum atomic E-state index is -0.617. The lowest BCUT2D eigenvalue weighted by Crippen LogP contribution is -2.26. The number of rotatable bonds is 4. The van der Waals surface area contributed by atoms with Crippen LogP contribution in [-0.2, 0) is 0 Å². The molecule has 0 saturated heterocycles. The molecule has 2 aromatic rings. The molecule has 100 valence electrons. The first kappa shape index (κ1) is 13.5. The summed E-state index contributed by atoms with van der Waals surface area (Å²) < 4.78 is 0. The molecule has 2 rings (SSSR count). The van der Waals surface area contributed by atoms with Crippen molar-refractivity contribution >= 4 is 12.0 Å². The van der Waals surface area contributed by atoms with Crippen LogP contribution < -0.4 is 5.32 Å². The quantitative estimate of drug-likeness (QED) is 0.684. The van der Waals surface area contributed by atoms with Gasteiger partial charge in [-0.3, -0.25) is 0 Å². The Labute approximate surface area is 115 Å². The van der Waals surface area contributed by atoms with Crippen LogP contribution in [-0.4, -0.2) is 10.8 Å². The van der Waals surface area contributed by atoms with Gasteiger partial charge in [0.15, 0.2) is 0 Å². The highest BCUT2D eigenvalue weighted by Gasteiger charge is 2.16. The Morgan fingerprint density at radius 3 is 2.10 bits per heavy atom. The summed E-state index contributed by atoms with van der Waals surface area (Å²) in [6.07, 6.45) is 1.32. The first-order valence-electron chi connectivity index (χ1n) is 5.94. The fraction of sp³-hybridized carbons (Fsp3) is 0. The Hall–Kier alpha value is -2.95. The lowest BCUT2D eigenvalue weighted by atomic mass is 10.2. The second kappa shape index (κ2) is 6.29. The first-order valence-corrected chi connectivity index (χ1v) is 5.94. The number of nitrogens with one attached hydrogen (secondary N) is 1. The molecule has 0 saturated carbocycles. The van der Waals surface area contributed by atoms with E-state index in [1.807, 2.05) is 6.07 Å². The monoisotopic (exact) mass is 268 g/mol. The molecular formula is C15H12N2O3. The maximum absolute atomic E-state index is 11.9. The molecule has 0 aliphatic heterocycles. The van der Waals surface area contributed by atoms with Gasteiger partial charge in [0, 0.05) is 6.08 Å². The molecule has 0 unspecified atom stereocenters. The van der Waals surface area contributed by atoms with Gasteiger partial charge in [0.2, 0.25) is 0 Å². The number of hydrogen-bond acceptors (Lipinski definition) is 3. The van der Waals surface area contributed by atoms with E-state index in [-0.39, 0.29) is 5.82 Å². The molecule has 0 spiro atoms. The summed E-state index contributed by atoms with van der Waals surface area (Å²) in [5.74, 6) is -0.866.